The lowest BCUT2D eigenvalue weighted by Gasteiger charge is -2.34. The number of aromatic amines is 1. The van der Waals surface area contributed by atoms with Crippen LogP contribution in [0.4, 0.5) is 11.4 Å². The molecule has 0 aliphatic carbocycles. The Hall–Kier alpha value is -3.79. The largest absolute Gasteiger partial charge is 0.466 e. The predicted molar refractivity (Wildman–Crippen MR) is 134 cm³/mol. The molecule has 1 amide bonds. The number of amides is 1. The zero-order valence-electron chi connectivity index (χ0n) is 18.7. The Balaban J connectivity index is 1.57. The fourth-order valence-corrected chi connectivity index (χ4v) is 4.18. The van der Waals surface area contributed by atoms with Crippen LogP contribution in [-0.4, -0.2) is 46.7 Å². The molecule has 9 nitrogen and oxygen atoms in total. The minimum absolute atomic E-state index is 0.127. The number of thiocarbonyl (C=S) groups is 1. The molecule has 1 aromatic heterocycles. The van der Waals surface area contributed by atoms with Crippen molar-refractivity contribution in [3.05, 3.63) is 64.6 Å². The highest BCUT2D eigenvalue weighted by molar-refractivity contribution is 7.80. The summed E-state index contributed by atoms with van der Waals surface area (Å²) in [6.07, 6.45) is 2.55. The highest BCUT2D eigenvalue weighted by Gasteiger charge is 2.27. The summed E-state index contributed by atoms with van der Waals surface area (Å²) in [6.45, 7) is 3.44. The molecule has 0 bridgehead atoms. The van der Waals surface area contributed by atoms with Crippen molar-refractivity contribution in [3.63, 3.8) is 0 Å². The Morgan fingerprint density at radius 2 is 1.94 bits per heavy atom. The molecule has 176 valence electrons. The fourth-order valence-electron chi connectivity index (χ4n) is 3.97. The number of ether oxygens (including phenoxy) is 1. The average Bonchev–Trinajstić information content (AvgIpc) is 2.84. The predicted octanol–water partition coefficient (Wildman–Crippen LogP) is 2.83. The second-order valence-corrected chi connectivity index (χ2v) is 8.33. The number of carbonyl (C=O) groups is 2. The first-order valence-electron chi connectivity index (χ1n) is 11.1. The zero-order chi connectivity index (χ0) is 24.1. The van der Waals surface area contributed by atoms with Gasteiger partial charge in [-0.25, -0.2) is 4.98 Å². The zero-order valence-corrected chi connectivity index (χ0v) is 19.5. The van der Waals surface area contributed by atoms with Crippen molar-refractivity contribution in [2.45, 2.75) is 19.8 Å². The number of anilines is 2. The third kappa shape index (κ3) is 5.40. The lowest BCUT2D eigenvalue weighted by atomic mass is 9.96. The van der Waals surface area contributed by atoms with Crippen molar-refractivity contribution in [3.8, 4) is 0 Å². The van der Waals surface area contributed by atoms with Crippen LogP contribution in [0.5, 0.6) is 0 Å². The molecule has 34 heavy (non-hydrogen) atoms. The van der Waals surface area contributed by atoms with Gasteiger partial charge in [-0.05, 0) is 56.2 Å². The second-order valence-electron chi connectivity index (χ2n) is 7.92. The standard InChI is InChI=1S/C24H25N5O4S/c1-2-33-23(32)16-8-10-29(11-9-16)20-13-17-18(26-21(30)14-25-17)12-19(20)27-24(34)28-22(31)15-6-4-3-5-7-15/h3-7,12-14,16H,2,8-11H2,1H3,(H,26,30)(H2,27,28,31,34). The van der Waals surface area contributed by atoms with Gasteiger partial charge in [-0.15, -0.1) is 0 Å². The van der Waals surface area contributed by atoms with Crippen LogP contribution in [0.1, 0.15) is 30.1 Å². The van der Waals surface area contributed by atoms with Gasteiger partial charge in [0.1, 0.15) is 0 Å². The number of esters is 1. The number of nitrogens with one attached hydrogen (secondary N) is 3. The van der Waals surface area contributed by atoms with Crippen LogP contribution in [-0.2, 0) is 9.53 Å². The maximum absolute atomic E-state index is 12.5. The van der Waals surface area contributed by atoms with Gasteiger partial charge in [0.2, 0.25) is 0 Å². The molecule has 1 aliphatic rings. The first-order chi connectivity index (χ1) is 16.4. The Morgan fingerprint density at radius 3 is 2.65 bits per heavy atom. The van der Waals surface area contributed by atoms with E-state index in [2.05, 4.69) is 25.5 Å². The van der Waals surface area contributed by atoms with E-state index in [1.165, 1.54) is 6.20 Å². The maximum atomic E-state index is 12.5. The molecule has 1 fully saturated rings. The maximum Gasteiger partial charge on any atom is 0.309 e. The van der Waals surface area contributed by atoms with Gasteiger partial charge in [0.05, 0.1) is 41.1 Å². The van der Waals surface area contributed by atoms with Crippen LogP contribution in [0.3, 0.4) is 0 Å². The average molecular weight is 480 g/mol. The Morgan fingerprint density at radius 1 is 1.21 bits per heavy atom. The summed E-state index contributed by atoms with van der Waals surface area (Å²) in [5.41, 5.74) is 2.75. The van der Waals surface area contributed by atoms with Gasteiger partial charge in [-0.1, -0.05) is 18.2 Å². The highest BCUT2D eigenvalue weighted by Crippen LogP contribution is 2.33. The molecule has 0 saturated carbocycles. The van der Waals surface area contributed by atoms with Gasteiger partial charge in [0.25, 0.3) is 11.5 Å². The van der Waals surface area contributed by atoms with Gasteiger partial charge in [0, 0.05) is 18.7 Å². The molecule has 4 rings (SSSR count). The van der Waals surface area contributed by atoms with E-state index in [4.69, 9.17) is 17.0 Å². The molecular weight excluding hydrogens is 454 g/mol. The number of benzene rings is 2. The van der Waals surface area contributed by atoms with Crippen LogP contribution < -0.4 is 21.1 Å². The van der Waals surface area contributed by atoms with Gasteiger partial charge in [-0.2, -0.15) is 0 Å². The van der Waals surface area contributed by atoms with E-state index >= 15 is 0 Å². The molecule has 0 spiro atoms. The molecular formula is C24H25N5O4S. The van der Waals surface area contributed by atoms with Crippen LogP contribution in [0.2, 0.25) is 0 Å². The molecule has 2 aromatic carbocycles. The minimum Gasteiger partial charge on any atom is -0.466 e. The highest BCUT2D eigenvalue weighted by atomic mass is 32.1. The summed E-state index contributed by atoms with van der Waals surface area (Å²) in [7, 11) is 0. The smallest absolute Gasteiger partial charge is 0.309 e. The first kappa shape index (κ1) is 23.4. The van der Waals surface area contributed by atoms with Crippen LogP contribution in [0.15, 0.2) is 53.5 Å². The third-order valence-corrected chi connectivity index (χ3v) is 5.86. The molecule has 1 aliphatic heterocycles. The molecule has 3 aromatic rings. The minimum atomic E-state index is -0.328. The van der Waals surface area contributed by atoms with E-state index in [-0.39, 0.29) is 28.5 Å². The second kappa shape index (κ2) is 10.4. The van der Waals surface area contributed by atoms with Crippen LogP contribution >= 0.6 is 12.2 Å². The van der Waals surface area contributed by atoms with E-state index in [0.29, 0.717) is 54.8 Å². The SMILES string of the molecule is CCOC(=O)C1CCN(c2cc3ncc(=O)[nH]c3cc2NC(=S)NC(=O)c2ccccc2)CC1. The van der Waals surface area contributed by atoms with E-state index in [1.54, 1.807) is 37.3 Å². The quantitative estimate of drug-likeness (QED) is 0.378. The first-order valence-corrected chi connectivity index (χ1v) is 11.5. The number of piperidine rings is 1. The third-order valence-electron chi connectivity index (χ3n) is 5.66. The number of fused-ring (bicyclic) bond motifs is 1. The number of hydrogen-bond acceptors (Lipinski definition) is 7. The van der Waals surface area contributed by atoms with Crippen molar-refractivity contribution >= 4 is 51.6 Å². The number of rotatable bonds is 5. The van der Waals surface area contributed by atoms with Gasteiger partial charge in [0.15, 0.2) is 5.11 Å². The molecule has 1 saturated heterocycles. The fraction of sp³-hybridized carbons (Fsp3) is 0.292. The van der Waals surface area contributed by atoms with Crippen molar-refractivity contribution < 1.29 is 14.3 Å². The Kier molecular flexibility index (Phi) is 7.17. The normalized spacial score (nSPS) is 14.0. The summed E-state index contributed by atoms with van der Waals surface area (Å²) in [5, 5.41) is 5.90. The van der Waals surface area contributed by atoms with Crippen molar-refractivity contribution in [2.24, 2.45) is 5.92 Å². The summed E-state index contributed by atoms with van der Waals surface area (Å²) < 4.78 is 5.17. The van der Waals surface area contributed by atoms with Gasteiger partial charge >= 0.3 is 5.97 Å². The Labute approximate surface area is 201 Å². The van der Waals surface area contributed by atoms with E-state index in [9.17, 15) is 14.4 Å². The van der Waals surface area contributed by atoms with Crippen molar-refractivity contribution in [1.82, 2.24) is 15.3 Å². The molecule has 0 unspecified atom stereocenters. The van der Waals surface area contributed by atoms with Gasteiger partial charge < -0.3 is 19.9 Å². The van der Waals surface area contributed by atoms with Crippen LogP contribution in [0.25, 0.3) is 11.0 Å². The monoisotopic (exact) mass is 479 g/mol. The van der Waals surface area contributed by atoms with Crippen LogP contribution in [0, 0.1) is 5.92 Å². The summed E-state index contributed by atoms with van der Waals surface area (Å²) in [6, 6.07) is 12.4. The number of aromatic nitrogens is 2. The molecule has 10 heteroatoms. The molecule has 2 heterocycles. The number of carbonyl (C=O) groups excluding carboxylic acids is 2. The van der Waals surface area contributed by atoms with E-state index in [1.807, 2.05) is 12.1 Å². The lowest BCUT2D eigenvalue weighted by Crippen LogP contribution is -2.38. The van der Waals surface area contributed by atoms with E-state index < -0.39 is 0 Å². The summed E-state index contributed by atoms with van der Waals surface area (Å²) in [4.78, 5) is 45.5. The lowest BCUT2D eigenvalue weighted by molar-refractivity contribution is -0.148. The number of H-pyrrole nitrogens is 1. The van der Waals surface area contributed by atoms with Crippen molar-refractivity contribution in [1.29, 1.82) is 0 Å². The number of nitrogens with zero attached hydrogens (tertiary/aromatic N) is 2. The van der Waals surface area contributed by atoms with Crippen molar-refractivity contribution in [2.75, 3.05) is 29.9 Å². The van der Waals surface area contributed by atoms with Gasteiger partial charge in [-0.3, -0.25) is 19.7 Å². The summed E-state index contributed by atoms with van der Waals surface area (Å²) >= 11 is 5.39. The van der Waals surface area contributed by atoms with E-state index in [0.717, 1.165) is 5.69 Å². The molecule has 0 radical (unpaired) electrons. The number of hydrogen-bond donors (Lipinski definition) is 3. The Bertz CT molecular complexity index is 1270. The molecule has 0 atom stereocenters. The summed E-state index contributed by atoms with van der Waals surface area (Å²) in [5.74, 6) is -0.623. The topological polar surface area (TPSA) is 116 Å². The molecule has 3 N–H and O–H groups in total.